The SMILES string of the molecule is CNC(Cc1cn(C)nn1)c1ccc(Br)cn1. The first-order chi connectivity index (χ1) is 8.19. The smallest absolute Gasteiger partial charge is 0.0846 e. The van der Waals surface area contributed by atoms with Crippen molar-refractivity contribution in [3.05, 3.63) is 40.4 Å². The summed E-state index contributed by atoms with van der Waals surface area (Å²) in [4.78, 5) is 4.39. The minimum atomic E-state index is 0.153. The number of nitrogens with one attached hydrogen (secondary N) is 1. The maximum atomic E-state index is 4.39. The molecule has 0 fully saturated rings. The number of aryl methyl sites for hydroxylation is 1. The van der Waals surface area contributed by atoms with Crippen LogP contribution in [0.2, 0.25) is 0 Å². The fourth-order valence-corrected chi connectivity index (χ4v) is 1.88. The first kappa shape index (κ1) is 12.2. The molecule has 0 radical (unpaired) electrons. The van der Waals surface area contributed by atoms with Crippen LogP contribution >= 0.6 is 15.9 Å². The van der Waals surface area contributed by atoms with Crippen molar-refractivity contribution in [1.29, 1.82) is 0 Å². The van der Waals surface area contributed by atoms with E-state index in [4.69, 9.17) is 0 Å². The van der Waals surface area contributed by atoms with Crippen LogP contribution in [-0.2, 0) is 13.5 Å². The van der Waals surface area contributed by atoms with Crippen LogP contribution in [0.1, 0.15) is 17.4 Å². The summed E-state index contributed by atoms with van der Waals surface area (Å²) in [5.41, 5.74) is 1.96. The normalized spacial score (nSPS) is 12.6. The van der Waals surface area contributed by atoms with Crippen LogP contribution in [0.5, 0.6) is 0 Å². The Morgan fingerprint density at radius 2 is 2.29 bits per heavy atom. The van der Waals surface area contributed by atoms with Gasteiger partial charge in [-0.15, -0.1) is 5.10 Å². The van der Waals surface area contributed by atoms with Crippen molar-refractivity contribution >= 4 is 15.9 Å². The molecule has 0 aliphatic heterocycles. The van der Waals surface area contributed by atoms with Crippen LogP contribution in [0.15, 0.2) is 29.0 Å². The lowest BCUT2D eigenvalue weighted by atomic mass is 10.1. The second kappa shape index (κ2) is 5.37. The molecule has 0 spiro atoms. The summed E-state index contributed by atoms with van der Waals surface area (Å²) in [7, 11) is 3.79. The molecule has 17 heavy (non-hydrogen) atoms. The maximum absolute atomic E-state index is 4.39. The van der Waals surface area contributed by atoms with Gasteiger partial charge in [-0.05, 0) is 35.1 Å². The Balaban J connectivity index is 2.13. The molecule has 0 saturated heterocycles. The lowest BCUT2D eigenvalue weighted by molar-refractivity contribution is 0.568. The highest BCUT2D eigenvalue weighted by molar-refractivity contribution is 9.10. The summed E-state index contributed by atoms with van der Waals surface area (Å²) in [5.74, 6) is 0. The van der Waals surface area contributed by atoms with Crippen molar-refractivity contribution in [3.8, 4) is 0 Å². The molecule has 5 nitrogen and oxygen atoms in total. The molecule has 1 unspecified atom stereocenters. The third-order valence-electron chi connectivity index (χ3n) is 2.52. The van der Waals surface area contributed by atoms with E-state index in [1.807, 2.05) is 32.4 Å². The van der Waals surface area contributed by atoms with E-state index in [0.29, 0.717) is 0 Å². The van der Waals surface area contributed by atoms with Crippen LogP contribution in [0.3, 0.4) is 0 Å². The van der Waals surface area contributed by atoms with E-state index in [2.05, 4.69) is 36.5 Å². The van der Waals surface area contributed by atoms with Gasteiger partial charge in [0.1, 0.15) is 0 Å². The van der Waals surface area contributed by atoms with Crippen molar-refractivity contribution in [2.75, 3.05) is 7.05 Å². The standard InChI is InChI=1S/C11H14BrN5/c1-13-11(5-9-7-17(2)16-15-9)10-4-3-8(12)6-14-10/h3-4,6-7,11,13H,5H2,1-2H3. The van der Waals surface area contributed by atoms with Gasteiger partial charge in [0, 0.05) is 30.3 Å². The molecule has 90 valence electrons. The number of hydrogen-bond acceptors (Lipinski definition) is 4. The summed E-state index contributed by atoms with van der Waals surface area (Å²) in [6.07, 6.45) is 4.50. The van der Waals surface area contributed by atoms with Crippen molar-refractivity contribution in [2.24, 2.45) is 7.05 Å². The molecule has 0 saturated carbocycles. The molecule has 2 aromatic heterocycles. The molecular formula is C11H14BrN5. The highest BCUT2D eigenvalue weighted by atomic mass is 79.9. The fourth-order valence-electron chi connectivity index (χ4n) is 1.65. The number of halogens is 1. The lowest BCUT2D eigenvalue weighted by Gasteiger charge is -2.13. The van der Waals surface area contributed by atoms with Gasteiger partial charge in [0.2, 0.25) is 0 Å². The molecule has 2 rings (SSSR count). The zero-order valence-electron chi connectivity index (χ0n) is 9.76. The average molecular weight is 296 g/mol. The zero-order chi connectivity index (χ0) is 12.3. The largest absolute Gasteiger partial charge is 0.311 e. The van der Waals surface area contributed by atoms with Crippen molar-refractivity contribution in [3.63, 3.8) is 0 Å². The molecule has 0 aliphatic carbocycles. The number of nitrogens with zero attached hydrogens (tertiary/aromatic N) is 4. The molecule has 0 amide bonds. The van der Waals surface area contributed by atoms with Gasteiger partial charge in [0.05, 0.1) is 17.4 Å². The van der Waals surface area contributed by atoms with E-state index in [1.165, 1.54) is 0 Å². The highest BCUT2D eigenvalue weighted by Crippen LogP contribution is 2.16. The lowest BCUT2D eigenvalue weighted by Crippen LogP contribution is -2.20. The first-order valence-electron chi connectivity index (χ1n) is 5.33. The van der Waals surface area contributed by atoms with Crippen molar-refractivity contribution < 1.29 is 0 Å². The molecule has 0 aliphatic rings. The van der Waals surface area contributed by atoms with Gasteiger partial charge >= 0.3 is 0 Å². The van der Waals surface area contributed by atoms with E-state index < -0.39 is 0 Å². The molecule has 6 heteroatoms. The Hall–Kier alpha value is -1.27. The van der Waals surface area contributed by atoms with Gasteiger partial charge in [0.15, 0.2) is 0 Å². The molecule has 0 aromatic carbocycles. The van der Waals surface area contributed by atoms with E-state index in [1.54, 1.807) is 10.9 Å². The van der Waals surface area contributed by atoms with E-state index in [-0.39, 0.29) is 6.04 Å². The number of rotatable bonds is 4. The molecule has 2 heterocycles. The minimum Gasteiger partial charge on any atom is -0.311 e. The highest BCUT2D eigenvalue weighted by Gasteiger charge is 2.13. The molecule has 0 bridgehead atoms. The van der Waals surface area contributed by atoms with Crippen LogP contribution < -0.4 is 5.32 Å². The molecule has 1 N–H and O–H groups in total. The monoisotopic (exact) mass is 295 g/mol. The van der Waals surface area contributed by atoms with E-state index in [0.717, 1.165) is 22.3 Å². The second-order valence-electron chi connectivity index (χ2n) is 3.83. The average Bonchev–Trinajstić information content (AvgIpc) is 2.73. The van der Waals surface area contributed by atoms with E-state index in [9.17, 15) is 0 Å². The second-order valence-corrected chi connectivity index (χ2v) is 4.75. The summed E-state index contributed by atoms with van der Waals surface area (Å²) < 4.78 is 2.69. The van der Waals surface area contributed by atoms with Crippen molar-refractivity contribution in [1.82, 2.24) is 25.3 Å². The molecule has 2 aromatic rings. The van der Waals surface area contributed by atoms with Gasteiger partial charge in [-0.3, -0.25) is 9.67 Å². The Bertz CT molecular complexity index is 479. The minimum absolute atomic E-state index is 0.153. The topological polar surface area (TPSA) is 55.6 Å². The van der Waals surface area contributed by atoms with Crippen LogP contribution in [-0.4, -0.2) is 27.0 Å². The predicted molar refractivity (Wildman–Crippen MR) is 68.4 cm³/mol. The van der Waals surface area contributed by atoms with Gasteiger partial charge in [-0.1, -0.05) is 5.21 Å². The van der Waals surface area contributed by atoms with Crippen LogP contribution in [0, 0.1) is 0 Å². The number of hydrogen-bond donors (Lipinski definition) is 1. The maximum Gasteiger partial charge on any atom is 0.0846 e. The zero-order valence-corrected chi connectivity index (χ0v) is 11.3. The van der Waals surface area contributed by atoms with Crippen LogP contribution in [0.25, 0.3) is 0 Å². The summed E-state index contributed by atoms with van der Waals surface area (Å²) in [6, 6.07) is 4.14. The molecule has 1 atom stereocenters. The fraction of sp³-hybridized carbons (Fsp3) is 0.364. The number of pyridine rings is 1. The third kappa shape index (κ3) is 3.10. The molecular weight excluding hydrogens is 282 g/mol. The third-order valence-corrected chi connectivity index (χ3v) is 2.99. The van der Waals surface area contributed by atoms with E-state index >= 15 is 0 Å². The van der Waals surface area contributed by atoms with Gasteiger partial charge in [0.25, 0.3) is 0 Å². The summed E-state index contributed by atoms with van der Waals surface area (Å²) in [5, 5.41) is 11.2. The Morgan fingerprint density at radius 3 is 2.82 bits per heavy atom. The number of likely N-dealkylation sites (N-methyl/N-ethyl adjacent to an activating group) is 1. The summed E-state index contributed by atoms with van der Waals surface area (Å²) >= 11 is 3.38. The Morgan fingerprint density at radius 1 is 1.47 bits per heavy atom. The first-order valence-corrected chi connectivity index (χ1v) is 6.12. The Kier molecular flexibility index (Phi) is 3.86. The van der Waals surface area contributed by atoms with Crippen molar-refractivity contribution in [2.45, 2.75) is 12.5 Å². The van der Waals surface area contributed by atoms with Gasteiger partial charge in [-0.2, -0.15) is 0 Å². The van der Waals surface area contributed by atoms with Gasteiger partial charge < -0.3 is 5.32 Å². The predicted octanol–water partition coefficient (Wildman–Crippen LogP) is 1.48. The quantitative estimate of drug-likeness (QED) is 0.928. The Labute approximate surface area is 108 Å². The van der Waals surface area contributed by atoms with Crippen LogP contribution in [0.4, 0.5) is 0 Å². The summed E-state index contributed by atoms with van der Waals surface area (Å²) in [6.45, 7) is 0. The number of aromatic nitrogens is 4. The van der Waals surface area contributed by atoms with Gasteiger partial charge in [-0.25, -0.2) is 0 Å².